The lowest BCUT2D eigenvalue weighted by atomic mass is 10.1. The molecule has 0 radical (unpaired) electrons. The molecular weight excluding hydrogens is 446 g/mol. The third-order valence-electron chi connectivity index (χ3n) is 4.87. The number of ether oxygens (including phenoxy) is 1. The van der Waals surface area contributed by atoms with Crippen LogP contribution >= 0.6 is 22.9 Å². The van der Waals surface area contributed by atoms with Gasteiger partial charge in [0.15, 0.2) is 0 Å². The van der Waals surface area contributed by atoms with Crippen LogP contribution in [0.15, 0.2) is 72.1 Å². The van der Waals surface area contributed by atoms with Crippen molar-refractivity contribution in [2.75, 3.05) is 30.4 Å². The molecule has 2 amide bonds. The van der Waals surface area contributed by atoms with Gasteiger partial charge in [0.2, 0.25) is 5.91 Å². The van der Waals surface area contributed by atoms with E-state index in [2.05, 4.69) is 0 Å². The van der Waals surface area contributed by atoms with Crippen LogP contribution in [0, 0.1) is 0 Å². The van der Waals surface area contributed by atoms with Gasteiger partial charge in [-0.3, -0.25) is 14.5 Å². The van der Waals surface area contributed by atoms with Gasteiger partial charge < -0.3 is 15.4 Å². The van der Waals surface area contributed by atoms with Crippen LogP contribution < -0.4 is 15.4 Å². The number of nitrogens with zero attached hydrogens (tertiary/aromatic N) is 2. The van der Waals surface area contributed by atoms with Gasteiger partial charge in [0, 0.05) is 30.2 Å². The van der Waals surface area contributed by atoms with Crippen LogP contribution in [0.5, 0.6) is 11.5 Å². The fourth-order valence-corrected chi connectivity index (χ4v) is 4.30. The summed E-state index contributed by atoms with van der Waals surface area (Å²) in [5.41, 5.74) is 6.27. The Labute approximate surface area is 197 Å². The number of carbonyl (C=O) groups excluding carboxylic acids is 2. The molecule has 1 aromatic heterocycles. The molecule has 2 aromatic carbocycles. The minimum Gasteiger partial charge on any atom is -0.457 e. The molecule has 0 saturated heterocycles. The second kappa shape index (κ2) is 11.7. The van der Waals surface area contributed by atoms with Crippen molar-refractivity contribution in [3.63, 3.8) is 0 Å². The van der Waals surface area contributed by atoms with E-state index < -0.39 is 6.04 Å². The van der Waals surface area contributed by atoms with E-state index in [9.17, 15) is 9.59 Å². The SMILES string of the molecule is CCN(CCN)C(=O)C(c1cccs1)N(C(=O)CCl)c1ccc(Oc2ccccc2)cc1. The Balaban J connectivity index is 1.96. The van der Waals surface area contributed by atoms with Crippen LogP contribution in [-0.4, -0.2) is 42.2 Å². The number of thiophene rings is 1. The largest absolute Gasteiger partial charge is 0.457 e. The number of halogens is 1. The lowest BCUT2D eigenvalue weighted by Gasteiger charge is -2.33. The first-order valence-electron chi connectivity index (χ1n) is 10.3. The van der Waals surface area contributed by atoms with Crippen molar-refractivity contribution in [3.05, 3.63) is 77.0 Å². The Bertz CT molecular complexity index is 997. The molecule has 2 N–H and O–H groups in total. The topological polar surface area (TPSA) is 75.9 Å². The van der Waals surface area contributed by atoms with Crippen molar-refractivity contribution < 1.29 is 14.3 Å². The third-order valence-corrected chi connectivity index (χ3v) is 6.03. The maximum Gasteiger partial charge on any atom is 0.251 e. The van der Waals surface area contributed by atoms with Gasteiger partial charge in [-0.05, 0) is 54.8 Å². The van der Waals surface area contributed by atoms with E-state index in [0.29, 0.717) is 36.8 Å². The number of hydrogen-bond acceptors (Lipinski definition) is 5. The number of para-hydroxylation sites is 1. The van der Waals surface area contributed by atoms with Crippen LogP contribution in [0.2, 0.25) is 0 Å². The van der Waals surface area contributed by atoms with Gasteiger partial charge in [-0.25, -0.2) is 0 Å². The van der Waals surface area contributed by atoms with Crippen molar-refractivity contribution >= 4 is 40.4 Å². The molecule has 1 atom stereocenters. The summed E-state index contributed by atoms with van der Waals surface area (Å²) >= 11 is 7.38. The number of benzene rings is 2. The van der Waals surface area contributed by atoms with Gasteiger partial charge >= 0.3 is 0 Å². The summed E-state index contributed by atoms with van der Waals surface area (Å²) < 4.78 is 5.85. The highest BCUT2D eigenvalue weighted by Crippen LogP contribution is 2.33. The molecule has 1 unspecified atom stereocenters. The van der Waals surface area contributed by atoms with Crippen molar-refractivity contribution in [2.24, 2.45) is 5.73 Å². The van der Waals surface area contributed by atoms with Crippen LogP contribution in [0.3, 0.4) is 0 Å². The van der Waals surface area contributed by atoms with Crippen LogP contribution in [-0.2, 0) is 9.59 Å². The zero-order valence-corrected chi connectivity index (χ0v) is 19.4. The zero-order valence-electron chi connectivity index (χ0n) is 17.8. The highest BCUT2D eigenvalue weighted by molar-refractivity contribution is 7.10. The summed E-state index contributed by atoms with van der Waals surface area (Å²) in [6.45, 7) is 3.13. The summed E-state index contributed by atoms with van der Waals surface area (Å²) in [5.74, 6) is 0.527. The first kappa shape index (κ1) is 23.8. The summed E-state index contributed by atoms with van der Waals surface area (Å²) in [6.07, 6.45) is 0. The van der Waals surface area contributed by atoms with Crippen molar-refractivity contribution in [2.45, 2.75) is 13.0 Å². The van der Waals surface area contributed by atoms with Gasteiger partial charge in [-0.15, -0.1) is 22.9 Å². The molecule has 168 valence electrons. The second-order valence-electron chi connectivity index (χ2n) is 6.93. The lowest BCUT2D eigenvalue weighted by Crippen LogP contribution is -2.47. The number of nitrogens with two attached hydrogens (primary N) is 1. The number of hydrogen-bond donors (Lipinski definition) is 1. The van der Waals surface area contributed by atoms with Crippen LogP contribution in [0.4, 0.5) is 5.69 Å². The Morgan fingerprint density at radius 1 is 1.03 bits per heavy atom. The van der Waals surface area contributed by atoms with Crippen LogP contribution in [0.1, 0.15) is 17.8 Å². The Morgan fingerprint density at radius 3 is 2.28 bits per heavy atom. The monoisotopic (exact) mass is 471 g/mol. The number of anilines is 1. The number of likely N-dealkylation sites (N-methyl/N-ethyl adjacent to an activating group) is 1. The molecular formula is C24H26ClN3O3S. The fourth-order valence-electron chi connectivity index (χ4n) is 3.36. The molecule has 0 fully saturated rings. The average molecular weight is 472 g/mol. The minimum absolute atomic E-state index is 0.191. The average Bonchev–Trinajstić information content (AvgIpc) is 3.36. The van der Waals surface area contributed by atoms with Gasteiger partial charge in [0.25, 0.3) is 5.91 Å². The van der Waals surface area contributed by atoms with Gasteiger partial charge in [-0.1, -0.05) is 24.3 Å². The van der Waals surface area contributed by atoms with Gasteiger partial charge in [-0.2, -0.15) is 0 Å². The maximum atomic E-state index is 13.5. The van der Waals surface area contributed by atoms with E-state index in [-0.39, 0.29) is 17.7 Å². The number of carbonyl (C=O) groups is 2. The Hall–Kier alpha value is -2.87. The molecule has 0 bridgehead atoms. The quantitative estimate of drug-likeness (QED) is 0.436. The molecule has 0 aliphatic carbocycles. The Morgan fingerprint density at radius 2 is 1.72 bits per heavy atom. The van der Waals surface area contributed by atoms with E-state index in [4.69, 9.17) is 22.1 Å². The number of amides is 2. The van der Waals surface area contributed by atoms with E-state index in [1.807, 2.05) is 54.8 Å². The normalized spacial score (nSPS) is 11.6. The lowest BCUT2D eigenvalue weighted by molar-refractivity contribution is -0.134. The van der Waals surface area contributed by atoms with Crippen molar-refractivity contribution in [1.82, 2.24) is 4.90 Å². The molecule has 32 heavy (non-hydrogen) atoms. The minimum atomic E-state index is -0.825. The van der Waals surface area contributed by atoms with Crippen molar-refractivity contribution in [1.29, 1.82) is 0 Å². The predicted molar refractivity (Wildman–Crippen MR) is 130 cm³/mol. The molecule has 0 aliphatic rings. The number of rotatable bonds is 10. The predicted octanol–water partition coefficient (Wildman–Crippen LogP) is 4.66. The molecule has 6 nitrogen and oxygen atoms in total. The first-order valence-corrected chi connectivity index (χ1v) is 11.7. The summed E-state index contributed by atoms with van der Waals surface area (Å²) in [7, 11) is 0. The van der Waals surface area contributed by atoms with Gasteiger partial charge in [0.05, 0.1) is 0 Å². The molecule has 0 aliphatic heterocycles. The van der Waals surface area contributed by atoms with E-state index in [1.165, 1.54) is 16.2 Å². The van der Waals surface area contributed by atoms with E-state index in [0.717, 1.165) is 4.88 Å². The second-order valence-corrected chi connectivity index (χ2v) is 8.18. The summed E-state index contributed by atoms with van der Waals surface area (Å²) in [4.78, 5) is 30.4. The summed E-state index contributed by atoms with van der Waals surface area (Å²) in [6, 6.07) is 19.4. The molecule has 0 spiro atoms. The highest BCUT2D eigenvalue weighted by atomic mass is 35.5. The zero-order chi connectivity index (χ0) is 22.9. The first-order chi connectivity index (χ1) is 15.6. The number of alkyl halides is 1. The fraction of sp³-hybridized carbons (Fsp3) is 0.250. The van der Waals surface area contributed by atoms with E-state index >= 15 is 0 Å². The molecule has 3 aromatic rings. The van der Waals surface area contributed by atoms with Crippen LogP contribution in [0.25, 0.3) is 0 Å². The molecule has 3 rings (SSSR count). The maximum absolute atomic E-state index is 13.5. The Kier molecular flexibility index (Phi) is 8.67. The highest BCUT2D eigenvalue weighted by Gasteiger charge is 2.35. The standard InChI is InChI=1S/C24H26ClN3O3S/c1-2-27(15-14-26)24(30)23(21-9-6-16-32-21)28(22(29)17-25)18-10-12-20(13-11-18)31-19-7-4-3-5-8-19/h3-13,16,23H,2,14-15,17,26H2,1H3. The van der Waals surface area contributed by atoms with Crippen molar-refractivity contribution in [3.8, 4) is 11.5 Å². The van der Waals surface area contributed by atoms with Gasteiger partial charge in [0.1, 0.15) is 23.4 Å². The summed E-state index contributed by atoms with van der Waals surface area (Å²) in [5, 5.41) is 1.88. The molecule has 0 saturated carbocycles. The molecule has 1 heterocycles. The smallest absolute Gasteiger partial charge is 0.251 e. The third kappa shape index (κ3) is 5.68. The van der Waals surface area contributed by atoms with E-state index in [1.54, 1.807) is 29.2 Å². The molecule has 8 heteroatoms.